The van der Waals surface area contributed by atoms with Gasteiger partial charge in [-0.3, -0.25) is 9.36 Å². The maximum Gasteiger partial charge on any atom is 0.269 e. The van der Waals surface area contributed by atoms with Gasteiger partial charge in [0.1, 0.15) is 28.9 Å². The van der Waals surface area contributed by atoms with Gasteiger partial charge in [0.25, 0.3) is 5.56 Å². The molecular weight excluding hydrogens is 433 g/mol. The van der Waals surface area contributed by atoms with Crippen molar-refractivity contribution in [3.8, 4) is 5.69 Å². The Morgan fingerprint density at radius 3 is 2.75 bits per heavy atom. The quantitative estimate of drug-likeness (QED) is 0.412. The highest BCUT2D eigenvalue weighted by Crippen LogP contribution is 2.26. The number of halogens is 2. The third kappa shape index (κ3) is 3.36. The maximum absolute atomic E-state index is 14.6. The SMILES string of the molecule is CC[C@H](Nc1ncnc2nc[nH]c12)c1nc2cccc(F)c2c(=O)n1-c1ccc(Cl)cc1. The number of rotatable bonds is 5. The van der Waals surface area contributed by atoms with Gasteiger partial charge in [-0.15, -0.1) is 0 Å². The summed E-state index contributed by atoms with van der Waals surface area (Å²) in [5.74, 6) is 0.324. The lowest BCUT2D eigenvalue weighted by atomic mass is 10.1. The Morgan fingerprint density at radius 2 is 1.97 bits per heavy atom. The smallest absolute Gasteiger partial charge is 0.269 e. The van der Waals surface area contributed by atoms with Gasteiger partial charge in [-0.05, 0) is 42.8 Å². The van der Waals surface area contributed by atoms with Gasteiger partial charge in [-0.1, -0.05) is 24.6 Å². The van der Waals surface area contributed by atoms with Crippen LogP contribution in [0.15, 0.2) is 59.9 Å². The molecule has 8 nitrogen and oxygen atoms in total. The Morgan fingerprint density at radius 1 is 1.16 bits per heavy atom. The summed E-state index contributed by atoms with van der Waals surface area (Å²) >= 11 is 6.04. The van der Waals surface area contributed by atoms with Gasteiger partial charge >= 0.3 is 0 Å². The summed E-state index contributed by atoms with van der Waals surface area (Å²) in [6.45, 7) is 1.96. The Labute approximate surface area is 186 Å². The molecule has 0 bridgehead atoms. The number of nitrogens with zero attached hydrogens (tertiary/aromatic N) is 5. The summed E-state index contributed by atoms with van der Waals surface area (Å²) < 4.78 is 16.0. The second kappa shape index (κ2) is 8.01. The molecule has 0 radical (unpaired) electrons. The molecule has 0 saturated heterocycles. The van der Waals surface area contributed by atoms with Gasteiger partial charge in [0.05, 0.1) is 23.6 Å². The van der Waals surface area contributed by atoms with E-state index >= 15 is 0 Å². The van der Waals surface area contributed by atoms with Crippen LogP contribution in [0, 0.1) is 5.82 Å². The Balaban J connectivity index is 1.74. The molecule has 10 heteroatoms. The van der Waals surface area contributed by atoms with Crippen LogP contribution in [-0.2, 0) is 0 Å². The standard InChI is InChI=1S/C22H17ClFN7O/c1-2-15(29-20-18-19(26-10-25-18)27-11-28-20)21-30-16-5-3-4-14(24)17(16)22(32)31(21)13-8-6-12(23)7-9-13/h3-11,15H,2H2,1H3,(H2,25,26,27,28,29)/t15-/m0/s1. The van der Waals surface area contributed by atoms with Crippen molar-refractivity contribution in [1.29, 1.82) is 0 Å². The van der Waals surface area contributed by atoms with Gasteiger partial charge < -0.3 is 10.3 Å². The normalized spacial score (nSPS) is 12.3. The van der Waals surface area contributed by atoms with Crippen molar-refractivity contribution in [3.63, 3.8) is 0 Å². The number of aromatic nitrogens is 6. The molecule has 0 aliphatic rings. The number of benzene rings is 2. The monoisotopic (exact) mass is 449 g/mol. The van der Waals surface area contributed by atoms with Crippen molar-refractivity contribution in [2.24, 2.45) is 0 Å². The second-order valence-corrected chi connectivity index (χ2v) is 7.59. The number of imidazole rings is 1. The number of aromatic amines is 1. The highest BCUT2D eigenvalue weighted by Gasteiger charge is 2.23. The van der Waals surface area contributed by atoms with Gasteiger partial charge in [-0.25, -0.2) is 24.3 Å². The van der Waals surface area contributed by atoms with E-state index in [0.717, 1.165) is 0 Å². The average molecular weight is 450 g/mol. The lowest BCUT2D eigenvalue weighted by Gasteiger charge is -2.22. The van der Waals surface area contributed by atoms with E-state index in [1.807, 2.05) is 6.92 Å². The molecule has 0 aliphatic heterocycles. The molecule has 2 aromatic carbocycles. The van der Waals surface area contributed by atoms with Crippen molar-refractivity contribution in [3.05, 3.63) is 82.1 Å². The Hall–Kier alpha value is -3.85. The molecule has 3 heterocycles. The molecule has 0 aliphatic carbocycles. The minimum absolute atomic E-state index is 0.0703. The second-order valence-electron chi connectivity index (χ2n) is 7.15. The molecule has 1 atom stereocenters. The van der Waals surface area contributed by atoms with Crippen molar-refractivity contribution < 1.29 is 4.39 Å². The molecule has 5 aromatic rings. The topological polar surface area (TPSA) is 101 Å². The van der Waals surface area contributed by atoms with Crippen molar-refractivity contribution >= 4 is 39.5 Å². The van der Waals surface area contributed by atoms with E-state index in [4.69, 9.17) is 11.6 Å². The van der Waals surface area contributed by atoms with Crippen LogP contribution in [0.1, 0.15) is 25.2 Å². The Bertz CT molecular complexity index is 1500. The predicted molar refractivity (Wildman–Crippen MR) is 121 cm³/mol. The van der Waals surface area contributed by atoms with E-state index in [2.05, 4.69) is 30.2 Å². The van der Waals surface area contributed by atoms with Gasteiger partial charge in [-0.2, -0.15) is 0 Å². The van der Waals surface area contributed by atoms with Crippen LogP contribution >= 0.6 is 11.6 Å². The van der Waals surface area contributed by atoms with E-state index in [-0.39, 0.29) is 10.9 Å². The molecule has 2 N–H and O–H groups in total. The van der Waals surface area contributed by atoms with Crippen LogP contribution in [0.25, 0.3) is 27.8 Å². The molecule has 3 aromatic heterocycles. The van der Waals surface area contributed by atoms with Crippen LogP contribution in [0.3, 0.4) is 0 Å². The van der Waals surface area contributed by atoms with E-state index in [1.54, 1.807) is 30.3 Å². The lowest BCUT2D eigenvalue weighted by Crippen LogP contribution is -2.28. The zero-order valence-corrected chi connectivity index (χ0v) is 17.6. The zero-order valence-electron chi connectivity index (χ0n) is 16.9. The number of anilines is 1. The van der Waals surface area contributed by atoms with Crippen molar-refractivity contribution in [2.45, 2.75) is 19.4 Å². The minimum atomic E-state index is -0.620. The molecule has 5 rings (SSSR count). The third-order valence-electron chi connectivity index (χ3n) is 5.21. The molecule has 32 heavy (non-hydrogen) atoms. The van der Waals surface area contributed by atoms with Gasteiger partial charge in [0, 0.05) is 5.02 Å². The molecule has 0 unspecified atom stereocenters. The van der Waals surface area contributed by atoms with Crippen LogP contribution in [0.5, 0.6) is 0 Å². The number of H-pyrrole nitrogens is 1. The van der Waals surface area contributed by atoms with E-state index in [0.29, 0.717) is 39.9 Å². The van der Waals surface area contributed by atoms with E-state index in [1.165, 1.54) is 29.4 Å². The highest BCUT2D eigenvalue weighted by molar-refractivity contribution is 6.30. The summed E-state index contributed by atoms with van der Waals surface area (Å²) in [6, 6.07) is 10.7. The van der Waals surface area contributed by atoms with Crippen LogP contribution in [0.2, 0.25) is 5.02 Å². The van der Waals surface area contributed by atoms with Gasteiger partial charge in [0.2, 0.25) is 0 Å². The molecule has 0 spiro atoms. The fourth-order valence-electron chi connectivity index (χ4n) is 3.67. The summed E-state index contributed by atoms with van der Waals surface area (Å²) in [5, 5.41) is 3.79. The molecule has 160 valence electrons. The van der Waals surface area contributed by atoms with Crippen LogP contribution in [-0.4, -0.2) is 29.5 Å². The maximum atomic E-state index is 14.6. The first kappa shape index (κ1) is 20.1. The predicted octanol–water partition coefficient (Wildman–Crippen LogP) is 4.41. The zero-order chi connectivity index (χ0) is 22.2. The summed E-state index contributed by atoms with van der Waals surface area (Å²) in [5.41, 5.74) is 1.46. The molecule has 0 saturated carbocycles. The first-order valence-electron chi connectivity index (χ1n) is 9.94. The van der Waals surface area contributed by atoms with Crippen LogP contribution < -0.4 is 10.9 Å². The number of fused-ring (bicyclic) bond motifs is 2. The van der Waals surface area contributed by atoms with E-state index < -0.39 is 17.4 Å². The third-order valence-corrected chi connectivity index (χ3v) is 5.46. The summed E-state index contributed by atoms with van der Waals surface area (Å²) in [6.07, 6.45) is 3.51. The molecule has 0 fully saturated rings. The number of hydrogen-bond donors (Lipinski definition) is 2. The van der Waals surface area contributed by atoms with Crippen molar-refractivity contribution in [1.82, 2.24) is 29.5 Å². The minimum Gasteiger partial charge on any atom is -0.358 e. The number of nitrogens with one attached hydrogen (secondary N) is 2. The first-order chi connectivity index (χ1) is 15.6. The Kier molecular flexibility index (Phi) is 5.02. The van der Waals surface area contributed by atoms with Crippen molar-refractivity contribution in [2.75, 3.05) is 5.32 Å². The fraction of sp³-hybridized carbons (Fsp3) is 0.136. The summed E-state index contributed by atoms with van der Waals surface area (Å²) in [7, 11) is 0. The van der Waals surface area contributed by atoms with Gasteiger partial charge in [0.15, 0.2) is 11.5 Å². The fourth-order valence-corrected chi connectivity index (χ4v) is 3.80. The highest BCUT2D eigenvalue weighted by atomic mass is 35.5. The lowest BCUT2D eigenvalue weighted by molar-refractivity contribution is 0.630. The average Bonchev–Trinajstić information content (AvgIpc) is 3.28. The van der Waals surface area contributed by atoms with E-state index in [9.17, 15) is 9.18 Å². The number of hydrogen-bond acceptors (Lipinski definition) is 6. The molecule has 0 amide bonds. The largest absolute Gasteiger partial charge is 0.358 e. The summed E-state index contributed by atoms with van der Waals surface area (Å²) in [4.78, 5) is 33.8. The van der Waals surface area contributed by atoms with Crippen LogP contribution in [0.4, 0.5) is 10.2 Å². The first-order valence-corrected chi connectivity index (χ1v) is 10.3. The molecular formula is C22H17ClFN7O.